The maximum atomic E-state index is 6.13. The number of methoxy groups -OCH3 is 1. The number of hydrogen-bond donors (Lipinski definition) is 3. The molecule has 0 saturated carbocycles. The molecule has 0 spiro atoms. The molecule has 0 radical (unpaired) electrons. The van der Waals surface area contributed by atoms with Crippen LogP contribution in [0.2, 0.25) is 0 Å². The van der Waals surface area contributed by atoms with Crippen molar-refractivity contribution in [2.24, 2.45) is 5.92 Å². The molecular weight excluding hydrogens is 452 g/mol. The molecule has 2 aromatic carbocycles. The molecule has 8 nitrogen and oxygen atoms in total. The van der Waals surface area contributed by atoms with E-state index in [1.165, 1.54) is 5.56 Å². The highest BCUT2D eigenvalue weighted by Crippen LogP contribution is 2.34. The Balaban J connectivity index is 1.51. The van der Waals surface area contributed by atoms with Gasteiger partial charge in [-0.05, 0) is 42.5 Å². The number of nitrogen functional groups attached to an aromatic ring is 1. The van der Waals surface area contributed by atoms with Crippen LogP contribution in [0.3, 0.4) is 0 Å². The summed E-state index contributed by atoms with van der Waals surface area (Å²) in [5.41, 5.74) is 11.4. The zero-order valence-corrected chi connectivity index (χ0v) is 21.2. The van der Waals surface area contributed by atoms with Gasteiger partial charge >= 0.3 is 0 Å². The third-order valence-corrected chi connectivity index (χ3v) is 6.90. The lowest BCUT2D eigenvalue weighted by atomic mass is 10.1. The fraction of sp³-hybridized carbons (Fsp3) is 0.429. The minimum Gasteiger partial charge on any atom is -0.496 e. The van der Waals surface area contributed by atoms with Gasteiger partial charge in [0.05, 0.1) is 25.8 Å². The highest BCUT2D eigenvalue weighted by Gasteiger charge is 2.19. The number of nitrogens with one attached hydrogen (secondary N) is 2. The molecule has 2 aromatic heterocycles. The average molecular weight is 489 g/mol. The van der Waals surface area contributed by atoms with E-state index < -0.39 is 0 Å². The number of fused-ring (bicyclic) bond motifs is 3. The fourth-order valence-electron chi connectivity index (χ4n) is 5.02. The first-order valence-electron chi connectivity index (χ1n) is 12.9. The van der Waals surface area contributed by atoms with Crippen LogP contribution in [0.15, 0.2) is 42.5 Å². The summed E-state index contributed by atoms with van der Waals surface area (Å²) in [6, 6.07) is 14.8. The van der Waals surface area contributed by atoms with Crippen molar-refractivity contribution in [3.63, 3.8) is 0 Å². The summed E-state index contributed by atoms with van der Waals surface area (Å²) in [5, 5.41) is 8.17. The zero-order valence-electron chi connectivity index (χ0n) is 21.2. The lowest BCUT2D eigenvalue weighted by molar-refractivity contribution is 0.185. The molecule has 1 aliphatic rings. The van der Waals surface area contributed by atoms with Gasteiger partial charge in [0.25, 0.3) is 0 Å². The minimum absolute atomic E-state index is 0.280. The van der Waals surface area contributed by atoms with E-state index in [4.69, 9.17) is 15.2 Å². The van der Waals surface area contributed by atoms with Crippen LogP contribution in [0, 0.1) is 5.92 Å². The Morgan fingerprint density at radius 3 is 2.89 bits per heavy atom. The Labute approximate surface area is 212 Å². The number of anilines is 2. The van der Waals surface area contributed by atoms with Crippen molar-refractivity contribution in [1.82, 2.24) is 19.9 Å². The summed E-state index contributed by atoms with van der Waals surface area (Å²) in [5.74, 6) is 2.53. The van der Waals surface area contributed by atoms with Crippen LogP contribution in [0.4, 0.5) is 11.8 Å². The van der Waals surface area contributed by atoms with Gasteiger partial charge < -0.3 is 30.4 Å². The first-order valence-corrected chi connectivity index (χ1v) is 12.9. The minimum atomic E-state index is 0.280. The summed E-state index contributed by atoms with van der Waals surface area (Å²) in [6.07, 6.45) is 3.29. The summed E-state index contributed by atoms with van der Waals surface area (Å²) in [6.45, 7) is 7.16. The number of rotatable bonds is 11. The fourth-order valence-corrected chi connectivity index (χ4v) is 5.02. The summed E-state index contributed by atoms with van der Waals surface area (Å²) >= 11 is 0. The van der Waals surface area contributed by atoms with Crippen LogP contribution >= 0.6 is 0 Å². The summed E-state index contributed by atoms with van der Waals surface area (Å²) in [7, 11) is 1.73. The van der Waals surface area contributed by atoms with Gasteiger partial charge in [0.1, 0.15) is 16.8 Å². The highest BCUT2D eigenvalue weighted by molar-refractivity contribution is 6.09. The Morgan fingerprint density at radius 1 is 1.19 bits per heavy atom. The molecule has 0 bridgehead atoms. The number of para-hydroxylation sites is 1. The quantitative estimate of drug-likeness (QED) is 0.266. The van der Waals surface area contributed by atoms with Crippen LogP contribution in [0.5, 0.6) is 5.75 Å². The molecule has 0 amide bonds. The van der Waals surface area contributed by atoms with E-state index in [-0.39, 0.29) is 5.95 Å². The zero-order chi connectivity index (χ0) is 24.9. The normalized spacial score (nSPS) is 15.7. The molecule has 36 heavy (non-hydrogen) atoms. The molecule has 4 aromatic rings. The number of nitrogens with zero attached hydrogens (tertiary/aromatic N) is 3. The second-order valence-corrected chi connectivity index (χ2v) is 9.52. The van der Waals surface area contributed by atoms with Gasteiger partial charge in [-0.3, -0.25) is 0 Å². The van der Waals surface area contributed by atoms with Crippen molar-refractivity contribution in [3.8, 4) is 5.75 Å². The van der Waals surface area contributed by atoms with Crippen LogP contribution < -0.4 is 21.1 Å². The number of benzene rings is 2. The molecule has 1 atom stereocenters. The molecule has 4 N–H and O–H groups in total. The van der Waals surface area contributed by atoms with Crippen LogP contribution in [-0.2, 0) is 17.8 Å². The maximum Gasteiger partial charge on any atom is 0.222 e. The Bertz CT molecular complexity index is 1330. The molecule has 1 unspecified atom stereocenters. The topological polar surface area (TPSA) is 99.2 Å². The highest BCUT2D eigenvalue weighted by atomic mass is 16.5. The lowest BCUT2D eigenvalue weighted by Crippen LogP contribution is -2.22. The molecule has 1 saturated heterocycles. The van der Waals surface area contributed by atoms with Gasteiger partial charge in [0.2, 0.25) is 5.95 Å². The first-order chi connectivity index (χ1) is 17.7. The van der Waals surface area contributed by atoms with Crippen LogP contribution in [0.25, 0.3) is 21.9 Å². The number of aromatic nitrogens is 3. The van der Waals surface area contributed by atoms with Crippen molar-refractivity contribution in [2.45, 2.75) is 39.3 Å². The maximum absolute atomic E-state index is 6.13. The van der Waals surface area contributed by atoms with E-state index in [0.717, 1.165) is 91.2 Å². The standard InChI is InChI=1S/C28H36N6O2/c1-3-4-12-31-27-26-25(32-28(29)33-27)22-7-5-6-8-23(22)34(26)17-21-14-19(9-10-24(21)35-2)15-30-16-20-11-13-36-18-20/h5-10,14,20,30H,3-4,11-13,15-18H2,1-2H3,(H3,29,31,32,33). The van der Waals surface area contributed by atoms with Crippen molar-refractivity contribution in [1.29, 1.82) is 0 Å². The smallest absolute Gasteiger partial charge is 0.222 e. The number of nitrogens with two attached hydrogens (primary N) is 1. The number of unbranched alkanes of at least 4 members (excludes halogenated alkanes) is 1. The Hall–Kier alpha value is -3.36. The van der Waals surface area contributed by atoms with Crippen molar-refractivity contribution in [2.75, 3.05) is 44.5 Å². The lowest BCUT2D eigenvalue weighted by Gasteiger charge is -2.16. The number of ether oxygens (including phenoxy) is 2. The molecule has 0 aliphatic carbocycles. The molecule has 5 rings (SSSR count). The first kappa shape index (κ1) is 24.3. The Morgan fingerprint density at radius 2 is 2.08 bits per heavy atom. The van der Waals surface area contributed by atoms with Gasteiger partial charge in [0.15, 0.2) is 5.82 Å². The second kappa shape index (κ2) is 11.1. The van der Waals surface area contributed by atoms with Gasteiger partial charge in [0, 0.05) is 37.2 Å². The molecule has 190 valence electrons. The predicted molar refractivity (Wildman–Crippen MR) is 146 cm³/mol. The summed E-state index contributed by atoms with van der Waals surface area (Å²) < 4.78 is 13.6. The average Bonchev–Trinajstić information content (AvgIpc) is 3.51. The van der Waals surface area contributed by atoms with Crippen molar-refractivity contribution < 1.29 is 9.47 Å². The molecule has 1 aliphatic heterocycles. The third kappa shape index (κ3) is 5.10. The molecule has 1 fully saturated rings. The van der Waals surface area contributed by atoms with Gasteiger partial charge in [-0.1, -0.05) is 37.6 Å². The van der Waals surface area contributed by atoms with E-state index in [9.17, 15) is 0 Å². The largest absolute Gasteiger partial charge is 0.496 e. The SMILES string of the molecule is CCCCNc1nc(N)nc2c3ccccc3n(Cc3cc(CNCC4CCOC4)ccc3OC)c12. The van der Waals surface area contributed by atoms with E-state index in [2.05, 4.69) is 68.5 Å². The number of hydrogen-bond acceptors (Lipinski definition) is 7. The van der Waals surface area contributed by atoms with Crippen molar-refractivity contribution in [3.05, 3.63) is 53.6 Å². The molecule has 8 heteroatoms. The monoisotopic (exact) mass is 488 g/mol. The summed E-state index contributed by atoms with van der Waals surface area (Å²) in [4.78, 5) is 9.24. The molecular formula is C28H36N6O2. The van der Waals surface area contributed by atoms with E-state index in [1.807, 2.05) is 6.07 Å². The van der Waals surface area contributed by atoms with Crippen LogP contribution in [0.1, 0.15) is 37.3 Å². The van der Waals surface area contributed by atoms with Crippen molar-refractivity contribution >= 4 is 33.7 Å². The van der Waals surface area contributed by atoms with Gasteiger partial charge in [-0.15, -0.1) is 0 Å². The second-order valence-electron chi connectivity index (χ2n) is 9.52. The van der Waals surface area contributed by atoms with Gasteiger partial charge in [-0.25, -0.2) is 4.98 Å². The predicted octanol–water partition coefficient (Wildman–Crippen LogP) is 4.56. The van der Waals surface area contributed by atoms with Crippen LogP contribution in [-0.4, -0.2) is 47.9 Å². The van der Waals surface area contributed by atoms with E-state index in [0.29, 0.717) is 12.5 Å². The third-order valence-electron chi connectivity index (χ3n) is 6.90. The van der Waals surface area contributed by atoms with Gasteiger partial charge in [-0.2, -0.15) is 4.98 Å². The van der Waals surface area contributed by atoms with E-state index in [1.54, 1.807) is 7.11 Å². The Kier molecular flexibility index (Phi) is 7.53. The molecule has 3 heterocycles. The van der Waals surface area contributed by atoms with E-state index >= 15 is 0 Å².